The van der Waals surface area contributed by atoms with Crippen LogP contribution in [0.15, 0.2) is 145 Å². The van der Waals surface area contributed by atoms with Crippen LogP contribution < -0.4 is 32.4 Å². The van der Waals surface area contributed by atoms with E-state index in [1.165, 1.54) is 49.6 Å². The number of rotatable bonds is 30. The van der Waals surface area contributed by atoms with E-state index in [2.05, 4.69) is 81.1 Å². The van der Waals surface area contributed by atoms with Crippen molar-refractivity contribution >= 4 is 196 Å². The zero-order valence-electron chi connectivity index (χ0n) is 67.2. The van der Waals surface area contributed by atoms with E-state index in [4.69, 9.17) is 107 Å². The van der Waals surface area contributed by atoms with Gasteiger partial charge in [-0.3, -0.25) is 67.6 Å². The number of carbonyl (C=O) groups is 4. The number of fused-ring (bicyclic) bond motifs is 4. The van der Waals surface area contributed by atoms with Crippen LogP contribution >= 0.6 is 80.6 Å². The second-order valence-corrected chi connectivity index (χ2v) is 44.0. The van der Waals surface area contributed by atoms with Crippen LogP contribution in [-0.2, 0) is 81.8 Å². The summed E-state index contributed by atoms with van der Waals surface area (Å²) < 4.78 is 120. The molecule has 4 aromatic carbocycles. The molecular formula is C77H76Cl4F4N20O17P2S4. The summed E-state index contributed by atoms with van der Waals surface area (Å²) in [7, 11) is 0. The third-order valence-electron chi connectivity index (χ3n) is 20.5. The van der Waals surface area contributed by atoms with Gasteiger partial charge in [-0.15, -0.1) is 0 Å². The van der Waals surface area contributed by atoms with E-state index in [9.17, 15) is 44.1 Å². The number of ether oxygens (including phenoxy) is 4. The molecule has 12 heterocycles. The molecule has 51 heteroatoms. The lowest BCUT2D eigenvalue weighted by molar-refractivity contribution is -0.119. The number of anilines is 4. The van der Waals surface area contributed by atoms with Gasteiger partial charge in [0.15, 0.2) is 106 Å². The minimum atomic E-state index is -3.87. The molecule has 37 nitrogen and oxygen atoms in total. The number of aromatic nitrogens is 16. The number of alkyl halides is 4. The first kappa shape index (κ1) is 93.7. The molecule has 4 fully saturated rings. The number of halogens is 8. The third-order valence-corrected chi connectivity index (χ3v) is 32.0. The Bertz CT molecular complexity index is 6000. The number of amides is 4. The Labute approximate surface area is 760 Å². The van der Waals surface area contributed by atoms with Gasteiger partial charge in [0, 0.05) is 54.6 Å². The predicted molar refractivity (Wildman–Crippen MR) is 473 cm³/mol. The van der Waals surface area contributed by atoms with E-state index < -0.39 is 176 Å². The normalized spacial score (nSPS) is 24.4. The molecule has 0 aliphatic carbocycles. The first-order valence-corrected chi connectivity index (χ1v) is 49.1. The molecule has 4 saturated heterocycles. The van der Waals surface area contributed by atoms with Crippen LogP contribution in [0.5, 0.6) is 0 Å². The van der Waals surface area contributed by atoms with E-state index >= 15 is 17.6 Å². The third kappa shape index (κ3) is 20.2. The van der Waals surface area contributed by atoms with Crippen LogP contribution in [0.25, 0.3) is 44.7 Å². The molecule has 0 radical (unpaired) electrons. The maximum Gasteiger partial charge on any atom is 0.280 e. The van der Waals surface area contributed by atoms with Crippen molar-refractivity contribution in [1.29, 1.82) is 0 Å². The summed E-state index contributed by atoms with van der Waals surface area (Å²) in [6.07, 6.45) is -18.1. The van der Waals surface area contributed by atoms with Crippen LogP contribution in [0.4, 0.5) is 41.1 Å². The highest BCUT2D eigenvalue weighted by Gasteiger charge is 2.54. The number of aliphatic hydroxyl groups excluding tert-OH is 3. The maximum absolute atomic E-state index is 16.6. The Morgan fingerprint density at radius 1 is 0.508 bits per heavy atom. The fourth-order valence-electron chi connectivity index (χ4n) is 13.7. The zero-order chi connectivity index (χ0) is 90.9. The van der Waals surface area contributed by atoms with Crippen molar-refractivity contribution in [2.75, 3.05) is 41.1 Å². The minimum Gasteiger partial charge on any atom is -0.394 e. The molecular weight excluding hydrogens is 1880 g/mol. The number of aromatic amines is 2. The Hall–Kier alpha value is -9.00. The van der Waals surface area contributed by atoms with E-state index in [-0.39, 0.29) is 91.1 Å². The van der Waals surface area contributed by atoms with Gasteiger partial charge in [0.25, 0.3) is 22.9 Å². The van der Waals surface area contributed by atoms with Gasteiger partial charge in [-0.05, 0) is 89.7 Å². The minimum absolute atomic E-state index is 0.0364. The lowest BCUT2D eigenvalue weighted by Gasteiger charge is -2.29. The molecule has 4 amide bonds. The van der Waals surface area contributed by atoms with Gasteiger partial charge < -0.3 is 63.0 Å². The molecule has 128 heavy (non-hydrogen) atoms. The highest BCUT2D eigenvalue weighted by molar-refractivity contribution is 8.68. The van der Waals surface area contributed by atoms with Crippen molar-refractivity contribution in [3.8, 4) is 0 Å². The number of nitrogens with zero attached hydrogens (tertiary/aromatic N) is 14. The van der Waals surface area contributed by atoms with Crippen molar-refractivity contribution in [2.24, 2.45) is 11.8 Å². The number of hydrogen-bond donors (Lipinski definition) is 9. The van der Waals surface area contributed by atoms with Crippen molar-refractivity contribution in [1.82, 2.24) is 78.1 Å². The number of carbonyl (C=O) groups excluding carboxylic acids is 4. The maximum atomic E-state index is 16.6. The second kappa shape index (κ2) is 40.0. The van der Waals surface area contributed by atoms with Gasteiger partial charge in [0.2, 0.25) is 35.1 Å². The molecule has 0 saturated carbocycles. The summed E-state index contributed by atoms with van der Waals surface area (Å²) >= 11 is 39.3. The van der Waals surface area contributed by atoms with Crippen LogP contribution in [0.3, 0.4) is 0 Å². The molecule has 676 valence electrons. The van der Waals surface area contributed by atoms with Crippen LogP contribution in [0, 0.1) is 11.8 Å². The van der Waals surface area contributed by atoms with E-state index in [0.717, 1.165) is 35.4 Å². The Morgan fingerprint density at radius 2 is 0.883 bits per heavy atom. The fraction of sp³-hybridized carbons (Fsp3) is 0.377. The highest BCUT2D eigenvalue weighted by Crippen LogP contribution is 2.67. The smallest absolute Gasteiger partial charge is 0.280 e. The summed E-state index contributed by atoms with van der Waals surface area (Å²) in [6, 6.07) is 26.4. The van der Waals surface area contributed by atoms with Gasteiger partial charge in [-0.2, -0.15) is 9.97 Å². The molecule has 12 aromatic rings. The standard InChI is InChI=1S/C39H39Cl2F2N10O8PS2.C38H37Cl2F2N10O9PS2/c1-4-23-25(42)30(38(59-23)53-17-47-28-33(53)49-39(51-36(28)57)50-34(55)18(2)3)61-62(63,64-14-20-10-11-21(40)12-22(20)41)58-13-24-29(54)26(43)37(60-24)52-16-46-27-31(44-15-45-32(27)52)48-35(56)19-8-6-5-7-9-19;1-17(2)33(55)49-38-48-32-27(35(57)50-38)46-16-52(32)37-29(24(41)22(11-53)59-37)61-62(63,64-13-19-8-9-20(39)10-21(19)40)58-12-23-28(54)25(42)36(60-23)51-15-45-26-30(43-14-44-31(26)51)47-34(56)18-6-4-3-5-7-18/h5-12,15-18,23-26,29-30,37-38,54H,4,13-14H2,1-3H3,(H,44,45,48,56)(H2,49,50,51,55,57);3-10,14-17,22-25,28-29,36-37,53-54H,11-13H2,1-2H3,(H,43,44,47,56)(H2,48,49,50,55,57)/t23-,24-,25-,26+,29-,30-,37-,38-,62?;22-,23-,24-,25+,28-,29-,36-,37-,62?/m11/s1. The summed E-state index contributed by atoms with van der Waals surface area (Å²) in [5.41, 5.74) is -7.17. The molecule has 2 unspecified atom stereocenters. The van der Waals surface area contributed by atoms with Crippen molar-refractivity contribution in [3.63, 3.8) is 0 Å². The molecule has 4 aliphatic rings. The van der Waals surface area contributed by atoms with E-state index in [0.29, 0.717) is 37.3 Å². The second-order valence-electron chi connectivity index (χ2n) is 29.8. The number of benzene rings is 4. The lowest BCUT2D eigenvalue weighted by atomic mass is 10.1. The summed E-state index contributed by atoms with van der Waals surface area (Å²) in [6.45, 7) is 6.45. The number of H-pyrrole nitrogens is 2. The summed E-state index contributed by atoms with van der Waals surface area (Å²) in [5, 5.41) is 44.3. The summed E-state index contributed by atoms with van der Waals surface area (Å²) in [5.74, 6) is -2.79. The Morgan fingerprint density at radius 3 is 1.27 bits per heavy atom. The quantitative estimate of drug-likeness (QED) is 0.0149. The van der Waals surface area contributed by atoms with Crippen molar-refractivity contribution < 1.29 is 89.1 Å². The SMILES string of the molecule is CC(C)C(=O)Nc1nc2c(ncn2[C@@H]2O[C@H](CO)[C@@H](F)[C@H]2OP(=S)(OC[C@H]2O[C@@H](n3cnc4c(NC(=O)c5ccccc5)ncnc43)[C@@H](F)[C@@H]2O)SCc2ccc(Cl)cc2Cl)c(=O)[nH]1.CC[C@H]1O[C@@H](n2cnc3c(=O)[nH]c(NC(=O)C(C)C)nc32)[C@H](OP(=S)(OC[C@H]2O[C@@H](n3cnc4c(NC(=O)c5ccccc5)ncnc43)[C@@H](F)[C@@H]2O)SCc2ccc(Cl)cc2Cl)[C@@H]1F. The molecule has 4 aliphatic heterocycles. The van der Waals surface area contributed by atoms with Gasteiger partial charge in [0.05, 0.1) is 51.2 Å². The van der Waals surface area contributed by atoms with Gasteiger partial charge in [-0.1, -0.05) is 152 Å². The van der Waals surface area contributed by atoms with Crippen molar-refractivity contribution in [3.05, 3.63) is 198 Å². The monoisotopic (exact) mass is 1960 g/mol. The van der Waals surface area contributed by atoms with Gasteiger partial charge >= 0.3 is 0 Å². The summed E-state index contributed by atoms with van der Waals surface area (Å²) in [4.78, 5) is 124. The fourth-order valence-corrected chi connectivity index (χ4v) is 23.5. The highest BCUT2D eigenvalue weighted by atomic mass is 35.5. The topological polar surface area (TPSA) is 465 Å². The first-order chi connectivity index (χ1) is 61.3. The van der Waals surface area contributed by atoms with E-state index in [1.54, 1.807) is 126 Å². The van der Waals surface area contributed by atoms with Crippen LogP contribution in [-0.4, -0.2) is 210 Å². The number of aliphatic hydroxyl groups is 3. The van der Waals surface area contributed by atoms with Gasteiger partial charge in [-0.25, -0.2) is 57.4 Å². The predicted octanol–water partition coefficient (Wildman–Crippen LogP) is 12.4. The molecule has 16 rings (SSSR count). The Balaban J connectivity index is 0.000000197. The zero-order valence-corrected chi connectivity index (χ0v) is 75.3. The van der Waals surface area contributed by atoms with E-state index in [1.807, 2.05) is 0 Å². The van der Waals surface area contributed by atoms with Crippen LogP contribution in [0.2, 0.25) is 20.1 Å². The average Bonchev–Trinajstić information content (AvgIpc) is 1.59. The number of nitrogens with one attached hydrogen (secondary N) is 6. The molecule has 0 bridgehead atoms. The lowest BCUT2D eigenvalue weighted by Crippen LogP contribution is -2.33. The molecule has 18 atom stereocenters. The molecule has 9 N–H and O–H groups in total. The largest absolute Gasteiger partial charge is 0.394 e. The average molecular weight is 1960 g/mol. The van der Waals surface area contributed by atoms with Crippen molar-refractivity contribution in [2.45, 2.75) is 151 Å². The molecule has 8 aromatic heterocycles. The first-order valence-electron chi connectivity index (χ1n) is 39.1. The number of imidazole rings is 4. The van der Waals surface area contributed by atoms with Crippen LogP contribution in [0.1, 0.15) is 97.8 Å². The number of hydrogen-bond acceptors (Lipinski definition) is 31. The van der Waals surface area contributed by atoms with Gasteiger partial charge in [0.1, 0.15) is 55.4 Å². The Kier molecular flexibility index (Phi) is 29.3. The molecule has 0 spiro atoms.